The minimum Gasteiger partial charge on any atom is -0.379 e. The van der Waals surface area contributed by atoms with Gasteiger partial charge < -0.3 is 10.5 Å². The molecule has 0 aliphatic carbocycles. The van der Waals surface area contributed by atoms with E-state index in [4.69, 9.17) is 10.5 Å². The summed E-state index contributed by atoms with van der Waals surface area (Å²) in [6.45, 7) is 1.57. The van der Waals surface area contributed by atoms with E-state index in [1.54, 1.807) is 11.8 Å². The zero-order valence-corrected chi connectivity index (χ0v) is 10.4. The van der Waals surface area contributed by atoms with Crippen LogP contribution in [0.5, 0.6) is 0 Å². The standard InChI is InChI=1S/C13H16N2OS/c14-13-15-11-8-16-7-6-10(11)12(17-13)9-4-2-1-3-5-9/h1-5,10-12H,6-8H2,(H2,14,15). The molecule has 3 atom stereocenters. The third kappa shape index (κ3) is 2.19. The smallest absolute Gasteiger partial charge is 0.154 e. The van der Waals surface area contributed by atoms with Crippen molar-refractivity contribution in [1.29, 1.82) is 0 Å². The quantitative estimate of drug-likeness (QED) is 0.828. The van der Waals surface area contributed by atoms with Gasteiger partial charge in [0.25, 0.3) is 0 Å². The molecular weight excluding hydrogens is 232 g/mol. The number of hydrogen-bond acceptors (Lipinski definition) is 4. The number of amidine groups is 1. The fourth-order valence-electron chi connectivity index (χ4n) is 2.59. The largest absolute Gasteiger partial charge is 0.379 e. The molecule has 2 heterocycles. The van der Waals surface area contributed by atoms with Gasteiger partial charge in [0.15, 0.2) is 5.17 Å². The molecule has 1 fully saturated rings. The van der Waals surface area contributed by atoms with Crippen LogP contribution in [-0.4, -0.2) is 24.4 Å². The van der Waals surface area contributed by atoms with E-state index in [0.29, 0.717) is 16.3 Å². The number of hydrogen-bond donors (Lipinski definition) is 1. The third-order valence-corrected chi connectivity index (χ3v) is 4.66. The van der Waals surface area contributed by atoms with Crippen LogP contribution in [0.1, 0.15) is 17.2 Å². The first-order valence-corrected chi connectivity index (χ1v) is 6.85. The van der Waals surface area contributed by atoms with Crippen molar-refractivity contribution >= 4 is 16.9 Å². The Bertz CT molecular complexity index is 421. The van der Waals surface area contributed by atoms with Crippen molar-refractivity contribution in [2.24, 2.45) is 16.6 Å². The highest BCUT2D eigenvalue weighted by Gasteiger charge is 2.37. The summed E-state index contributed by atoms with van der Waals surface area (Å²) in [5.41, 5.74) is 7.28. The summed E-state index contributed by atoms with van der Waals surface area (Å²) in [6, 6.07) is 10.8. The Labute approximate surface area is 105 Å². The van der Waals surface area contributed by atoms with Crippen molar-refractivity contribution < 1.29 is 4.74 Å². The van der Waals surface area contributed by atoms with Gasteiger partial charge in [-0.3, -0.25) is 4.99 Å². The van der Waals surface area contributed by atoms with Crippen LogP contribution >= 0.6 is 11.8 Å². The van der Waals surface area contributed by atoms with Gasteiger partial charge in [-0.15, -0.1) is 0 Å². The van der Waals surface area contributed by atoms with E-state index in [1.165, 1.54) is 5.56 Å². The first kappa shape index (κ1) is 11.1. The zero-order valence-electron chi connectivity index (χ0n) is 9.58. The van der Waals surface area contributed by atoms with Crippen molar-refractivity contribution in [3.63, 3.8) is 0 Å². The number of nitrogens with zero attached hydrogens (tertiary/aromatic N) is 1. The molecule has 3 rings (SSSR count). The summed E-state index contributed by atoms with van der Waals surface area (Å²) >= 11 is 1.70. The molecule has 1 aromatic rings. The van der Waals surface area contributed by atoms with Gasteiger partial charge in [0, 0.05) is 17.8 Å². The number of ether oxygens (including phenoxy) is 1. The topological polar surface area (TPSA) is 47.6 Å². The molecule has 2 N–H and O–H groups in total. The monoisotopic (exact) mass is 248 g/mol. The van der Waals surface area contributed by atoms with Gasteiger partial charge in [-0.1, -0.05) is 42.1 Å². The van der Waals surface area contributed by atoms with Gasteiger partial charge in [0.05, 0.1) is 12.6 Å². The number of benzene rings is 1. The predicted octanol–water partition coefficient (Wildman–Crippen LogP) is 2.19. The van der Waals surface area contributed by atoms with Crippen LogP contribution in [-0.2, 0) is 4.74 Å². The summed E-state index contributed by atoms with van der Waals surface area (Å²) in [5.74, 6) is 0.559. The highest BCUT2D eigenvalue weighted by molar-refractivity contribution is 8.14. The maximum absolute atomic E-state index is 5.93. The Morgan fingerprint density at radius 3 is 2.94 bits per heavy atom. The molecule has 4 heteroatoms. The maximum atomic E-state index is 5.93. The number of rotatable bonds is 1. The van der Waals surface area contributed by atoms with Crippen molar-refractivity contribution in [1.82, 2.24) is 0 Å². The van der Waals surface area contributed by atoms with Gasteiger partial charge >= 0.3 is 0 Å². The van der Waals surface area contributed by atoms with Crippen molar-refractivity contribution in [3.05, 3.63) is 35.9 Å². The number of fused-ring (bicyclic) bond motifs is 1. The van der Waals surface area contributed by atoms with E-state index in [9.17, 15) is 0 Å². The summed E-state index contributed by atoms with van der Waals surface area (Å²) in [5, 5.41) is 1.13. The molecule has 0 spiro atoms. The molecule has 3 unspecified atom stereocenters. The Kier molecular flexibility index (Phi) is 3.07. The highest BCUT2D eigenvalue weighted by Crippen LogP contribution is 2.44. The van der Waals surface area contributed by atoms with E-state index in [1.807, 2.05) is 0 Å². The average Bonchev–Trinajstić information content (AvgIpc) is 2.39. The molecule has 17 heavy (non-hydrogen) atoms. The second-order valence-electron chi connectivity index (χ2n) is 4.51. The minimum absolute atomic E-state index is 0.246. The lowest BCUT2D eigenvalue weighted by Gasteiger charge is -2.38. The highest BCUT2D eigenvalue weighted by atomic mass is 32.2. The first-order chi connectivity index (χ1) is 8.34. The van der Waals surface area contributed by atoms with Crippen LogP contribution in [0.3, 0.4) is 0 Å². The van der Waals surface area contributed by atoms with Crippen LogP contribution in [0.25, 0.3) is 0 Å². The fraction of sp³-hybridized carbons (Fsp3) is 0.462. The Hall–Kier alpha value is -1.00. The molecule has 90 valence electrons. The summed E-state index contributed by atoms with van der Waals surface area (Å²) in [7, 11) is 0. The number of thioether (sulfide) groups is 1. The third-order valence-electron chi connectivity index (χ3n) is 3.44. The van der Waals surface area contributed by atoms with Crippen LogP contribution in [0.2, 0.25) is 0 Å². The van der Waals surface area contributed by atoms with E-state index in [0.717, 1.165) is 19.6 Å². The van der Waals surface area contributed by atoms with Gasteiger partial charge in [0.2, 0.25) is 0 Å². The summed E-state index contributed by atoms with van der Waals surface area (Å²) in [6.07, 6.45) is 1.08. The minimum atomic E-state index is 0.246. The Morgan fingerprint density at radius 2 is 2.12 bits per heavy atom. The van der Waals surface area contributed by atoms with Gasteiger partial charge in [-0.05, 0) is 12.0 Å². The SMILES string of the molecule is NC1=NC2COCCC2C(c2ccccc2)S1. The molecule has 0 radical (unpaired) electrons. The predicted molar refractivity (Wildman–Crippen MR) is 71.1 cm³/mol. The molecule has 1 aromatic carbocycles. The molecule has 0 bridgehead atoms. The zero-order chi connectivity index (χ0) is 11.7. The molecule has 1 saturated heterocycles. The van der Waals surface area contributed by atoms with E-state index in [-0.39, 0.29) is 6.04 Å². The molecule has 0 aromatic heterocycles. The van der Waals surface area contributed by atoms with Gasteiger partial charge in [0.1, 0.15) is 0 Å². The van der Waals surface area contributed by atoms with Crippen molar-refractivity contribution in [2.75, 3.05) is 13.2 Å². The lowest BCUT2D eigenvalue weighted by atomic mass is 9.88. The Morgan fingerprint density at radius 1 is 1.29 bits per heavy atom. The summed E-state index contributed by atoms with van der Waals surface area (Å²) < 4.78 is 5.50. The van der Waals surface area contributed by atoms with E-state index >= 15 is 0 Å². The normalized spacial score (nSPS) is 32.7. The van der Waals surface area contributed by atoms with Crippen LogP contribution < -0.4 is 5.73 Å². The van der Waals surface area contributed by atoms with E-state index < -0.39 is 0 Å². The molecule has 0 amide bonds. The number of aliphatic imine (C=N–C) groups is 1. The first-order valence-electron chi connectivity index (χ1n) is 5.97. The van der Waals surface area contributed by atoms with Crippen molar-refractivity contribution in [3.8, 4) is 0 Å². The van der Waals surface area contributed by atoms with Gasteiger partial charge in [-0.2, -0.15) is 0 Å². The van der Waals surface area contributed by atoms with E-state index in [2.05, 4.69) is 35.3 Å². The molecule has 2 aliphatic rings. The molecule has 3 nitrogen and oxygen atoms in total. The van der Waals surface area contributed by atoms with Crippen molar-refractivity contribution in [2.45, 2.75) is 17.7 Å². The second-order valence-corrected chi connectivity index (χ2v) is 5.67. The van der Waals surface area contributed by atoms with Crippen LogP contribution in [0, 0.1) is 5.92 Å². The lowest BCUT2D eigenvalue weighted by Crippen LogP contribution is -2.39. The maximum Gasteiger partial charge on any atom is 0.154 e. The lowest BCUT2D eigenvalue weighted by molar-refractivity contribution is 0.0485. The average molecular weight is 248 g/mol. The number of nitrogens with two attached hydrogens (primary N) is 1. The molecule has 2 aliphatic heterocycles. The summed E-state index contributed by atoms with van der Waals surface area (Å²) in [4.78, 5) is 4.51. The molecular formula is C13H16N2OS. The van der Waals surface area contributed by atoms with Gasteiger partial charge in [-0.25, -0.2) is 0 Å². The van der Waals surface area contributed by atoms with Crippen LogP contribution in [0.15, 0.2) is 35.3 Å². The Balaban J connectivity index is 1.91. The van der Waals surface area contributed by atoms with Crippen LogP contribution in [0.4, 0.5) is 0 Å². The second kappa shape index (κ2) is 4.70. The fourth-order valence-corrected chi connectivity index (χ4v) is 3.84. The molecule has 0 saturated carbocycles.